The Hall–Kier alpha value is -0.610. The summed E-state index contributed by atoms with van der Waals surface area (Å²) in [4.78, 5) is 10.8. The molecule has 0 amide bonds. The maximum Gasteiger partial charge on any atom is 0.309 e. The number of carboxylic acids is 1. The zero-order valence-corrected chi connectivity index (χ0v) is 8.12. The molecule has 0 aliphatic heterocycles. The van der Waals surface area contributed by atoms with Crippen LogP contribution in [0, 0.1) is 5.92 Å². The predicted octanol–water partition coefficient (Wildman–Crippen LogP) is 0.474. The van der Waals surface area contributed by atoms with Crippen LogP contribution in [0.4, 0.5) is 0 Å². The van der Waals surface area contributed by atoms with E-state index >= 15 is 0 Å². The molecule has 4 heteroatoms. The van der Waals surface area contributed by atoms with E-state index in [0.717, 1.165) is 12.8 Å². The smallest absolute Gasteiger partial charge is 0.309 e. The molecule has 0 saturated heterocycles. The number of rotatable bonds is 3. The molecule has 3 atom stereocenters. The van der Waals surface area contributed by atoms with Crippen LogP contribution >= 0.6 is 0 Å². The molecule has 13 heavy (non-hydrogen) atoms. The van der Waals surface area contributed by atoms with Gasteiger partial charge in [-0.2, -0.15) is 0 Å². The minimum Gasteiger partial charge on any atom is -0.481 e. The fourth-order valence-electron chi connectivity index (χ4n) is 1.93. The molecule has 0 heterocycles. The van der Waals surface area contributed by atoms with Gasteiger partial charge in [0.05, 0.1) is 12.0 Å². The molecular weight excluding hydrogens is 170 g/mol. The molecular formula is C9H17NO3. The summed E-state index contributed by atoms with van der Waals surface area (Å²) in [5, 5.41) is 12.1. The van der Waals surface area contributed by atoms with E-state index in [-0.39, 0.29) is 12.0 Å². The number of hydrogen-bond acceptors (Lipinski definition) is 3. The molecule has 4 nitrogen and oxygen atoms in total. The van der Waals surface area contributed by atoms with E-state index in [9.17, 15) is 4.79 Å². The van der Waals surface area contributed by atoms with Gasteiger partial charge in [-0.25, -0.2) is 0 Å². The first kappa shape index (κ1) is 10.5. The maximum atomic E-state index is 10.8. The van der Waals surface area contributed by atoms with Crippen LogP contribution in [-0.2, 0) is 9.53 Å². The average Bonchev–Trinajstić information content (AvgIpc) is 2.16. The van der Waals surface area contributed by atoms with Gasteiger partial charge in [0.1, 0.15) is 0 Å². The Labute approximate surface area is 78.3 Å². The Balaban J connectivity index is 2.55. The third-order valence-electron chi connectivity index (χ3n) is 2.82. The van der Waals surface area contributed by atoms with E-state index in [2.05, 4.69) is 5.32 Å². The van der Waals surface area contributed by atoms with Crippen LogP contribution in [-0.4, -0.2) is 37.4 Å². The largest absolute Gasteiger partial charge is 0.481 e. The fourth-order valence-corrected chi connectivity index (χ4v) is 1.93. The van der Waals surface area contributed by atoms with Gasteiger partial charge in [0.15, 0.2) is 0 Å². The van der Waals surface area contributed by atoms with Crippen molar-refractivity contribution >= 4 is 5.97 Å². The van der Waals surface area contributed by atoms with Crippen molar-refractivity contribution < 1.29 is 14.6 Å². The summed E-state index contributed by atoms with van der Waals surface area (Å²) in [7, 11) is 3.48. The number of aliphatic carboxylic acids is 1. The molecule has 76 valence electrons. The van der Waals surface area contributed by atoms with Crippen molar-refractivity contribution in [1.82, 2.24) is 5.32 Å². The standard InChI is InChI=1S/C9H17NO3/c1-10-6-3-4-7(9(11)12)8(5-6)13-2/h6-8,10H,3-5H2,1-2H3,(H,11,12). The van der Waals surface area contributed by atoms with Crippen LogP contribution < -0.4 is 5.32 Å². The SMILES string of the molecule is CNC1CCC(C(=O)O)C(OC)C1. The first-order valence-corrected chi connectivity index (χ1v) is 4.62. The molecule has 1 fully saturated rings. The van der Waals surface area contributed by atoms with Crippen LogP contribution in [0.3, 0.4) is 0 Å². The van der Waals surface area contributed by atoms with Crippen LogP contribution in [0.1, 0.15) is 19.3 Å². The van der Waals surface area contributed by atoms with Crippen LogP contribution in [0.15, 0.2) is 0 Å². The quantitative estimate of drug-likeness (QED) is 0.674. The zero-order valence-electron chi connectivity index (χ0n) is 8.12. The summed E-state index contributed by atoms with van der Waals surface area (Å²) in [5.41, 5.74) is 0. The number of nitrogens with one attached hydrogen (secondary N) is 1. The first-order valence-electron chi connectivity index (χ1n) is 4.62. The highest BCUT2D eigenvalue weighted by atomic mass is 16.5. The van der Waals surface area contributed by atoms with E-state index in [1.54, 1.807) is 7.11 Å². The predicted molar refractivity (Wildman–Crippen MR) is 48.6 cm³/mol. The Morgan fingerprint density at radius 3 is 2.69 bits per heavy atom. The summed E-state index contributed by atoms with van der Waals surface area (Å²) < 4.78 is 5.18. The monoisotopic (exact) mass is 187 g/mol. The highest BCUT2D eigenvalue weighted by Gasteiger charge is 2.34. The lowest BCUT2D eigenvalue weighted by atomic mass is 9.83. The second-order valence-electron chi connectivity index (χ2n) is 3.52. The van der Waals surface area contributed by atoms with Gasteiger partial charge in [0.2, 0.25) is 0 Å². The van der Waals surface area contributed by atoms with Gasteiger partial charge in [-0.05, 0) is 26.3 Å². The van der Waals surface area contributed by atoms with E-state index in [4.69, 9.17) is 9.84 Å². The summed E-state index contributed by atoms with van der Waals surface area (Å²) in [5.74, 6) is -1.06. The van der Waals surface area contributed by atoms with Crippen molar-refractivity contribution in [2.75, 3.05) is 14.2 Å². The number of methoxy groups -OCH3 is 1. The number of carbonyl (C=O) groups is 1. The Bertz CT molecular complexity index is 184. The molecule has 2 N–H and O–H groups in total. The van der Waals surface area contributed by atoms with Crippen molar-refractivity contribution in [1.29, 1.82) is 0 Å². The van der Waals surface area contributed by atoms with Crippen molar-refractivity contribution in [2.24, 2.45) is 5.92 Å². The molecule has 0 spiro atoms. The molecule has 1 aliphatic carbocycles. The van der Waals surface area contributed by atoms with Crippen LogP contribution in [0.2, 0.25) is 0 Å². The van der Waals surface area contributed by atoms with Gasteiger partial charge in [-0.3, -0.25) is 4.79 Å². The highest BCUT2D eigenvalue weighted by molar-refractivity contribution is 5.70. The maximum absolute atomic E-state index is 10.8. The minimum absolute atomic E-state index is 0.135. The average molecular weight is 187 g/mol. The summed E-state index contributed by atoms with van der Waals surface area (Å²) >= 11 is 0. The van der Waals surface area contributed by atoms with Gasteiger partial charge < -0.3 is 15.2 Å². The molecule has 0 aromatic rings. The number of carboxylic acid groups (broad SMARTS) is 1. The van der Waals surface area contributed by atoms with Crippen LogP contribution in [0.5, 0.6) is 0 Å². The van der Waals surface area contributed by atoms with Gasteiger partial charge in [0.25, 0.3) is 0 Å². The Kier molecular flexibility index (Phi) is 3.69. The molecule has 3 unspecified atom stereocenters. The highest BCUT2D eigenvalue weighted by Crippen LogP contribution is 2.26. The molecule has 1 saturated carbocycles. The third-order valence-corrected chi connectivity index (χ3v) is 2.82. The Morgan fingerprint density at radius 2 is 2.23 bits per heavy atom. The fraction of sp³-hybridized carbons (Fsp3) is 0.889. The van der Waals surface area contributed by atoms with E-state index < -0.39 is 5.97 Å². The van der Waals surface area contributed by atoms with E-state index in [0.29, 0.717) is 12.5 Å². The van der Waals surface area contributed by atoms with Crippen molar-refractivity contribution in [3.05, 3.63) is 0 Å². The van der Waals surface area contributed by atoms with Crippen LogP contribution in [0.25, 0.3) is 0 Å². The van der Waals surface area contributed by atoms with Gasteiger partial charge in [-0.1, -0.05) is 0 Å². The zero-order chi connectivity index (χ0) is 9.84. The van der Waals surface area contributed by atoms with E-state index in [1.165, 1.54) is 0 Å². The summed E-state index contributed by atoms with van der Waals surface area (Å²) in [6.45, 7) is 0. The van der Waals surface area contributed by atoms with Gasteiger partial charge >= 0.3 is 5.97 Å². The third kappa shape index (κ3) is 2.42. The molecule has 0 aromatic heterocycles. The topological polar surface area (TPSA) is 58.6 Å². The van der Waals surface area contributed by atoms with Gasteiger partial charge in [-0.15, -0.1) is 0 Å². The second kappa shape index (κ2) is 4.58. The lowest BCUT2D eigenvalue weighted by molar-refractivity contribution is -0.149. The second-order valence-corrected chi connectivity index (χ2v) is 3.52. The Morgan fingerprint density at radius 1 is 1.54 bits per heavy atom. The minimum atomic E-state index is -0.735. The van der Waals surface area contributed by atoms with Crippen molar-refractivity contribution in [2.45, 2.75) is 31.4 Å². The van der Waals surface area contributed by atoms with E-state index in [1.807, 2.05) is 7.05 Å². The molecule has 0 aromatic carbocycles. The molecule has 1 aliphatic rings. The van der Waals surface area contributed by atoms with Crippen molar-refractivity contribution in [3.63, 3.8) is 0 Å². The normalized spacial score (nSPS) is 34.5. The molecule has 1 rings (SSSR count). The molecule has 0 radical (unpaired) electrons. The van der Waals surface area contributed by atoms with Gasteiger partial charge in [0, 0.05) is 13.2 Å². The molecule has 0 bridgehead atoms. The number of ether oxygens (including phenoxy) is 1. The first-order chi connectivity index (χ1) is 6.19. The summed E-state index contributed by atoms with van der Waals surface area (Å²) in [6, 6.07) is 0.403. The lowest BCUT2D eigenvalue weighted by Gasteiger charge is -2.32. The lowest BCUT2D eigenvalue weighted by Crippen LogP contribution is -2.42. The summed E-state index contributed by atoms with van der Waals surface area (Å²) in [6.07, 6.45) is 2.29. The van der Waals surface area contributed by atoms with Crippen molar-refractivity contribution in [3.8, 4) is 0 Å². The number of hydrogen-bond donors (Lipinski definition) is 2.